The topological polar surface area (TPSA) is 60.7 Å². The van der Waals surface area contributed by atoms with Crippen LogP contribution in [0.3, 0.4) is 0 Å². The largest absolute Gasteiger partial charge is 0.397 e. The average Bonchev–Trinajstić information content (AvgIpc) is 1.70. The van der Waals surface area contributed by atoms with Crippen LogP contribution in [-0.2, 0) is 22.4 Å². The summed E-state index contributed by atoms with van der Waals surface area (Å²) in [4.78, 5) is 0. The zero-order chi connectivity index (χ0) is 8.12. The predicted molar refractivity (Wildman–Crippen MR) is 38.3 cm³/mol. The normalized spacial score (nSPS) is 5.40. The van der Waals surface area contributed by atoms with Gasteiger partial charge in [0, 0.05) is 42.2 Å². The molecule has 0 fully saturated rings. The van der Waals surface area contributed by atoms with Crippen LogP contribution < -0.4 is 0 Å². The first-order valence-electron chi connectivity index (χ1n) is 3.07. The van der Waals surface area contributed by atoms with Crippen LogP contribution in [0.1, 0.15) is 20.8 Å². The molecule has 3 nitrogen and oxygen atoms in total. The maximum Gasteiger partial charge on any atom is 0.0402 e. The van der Waals surface area contributed by atoms with Crippen molar-refractivity contribution >= 4 is 0 Å². The Kier molecular flexibility index (Phi) is 122. The minimum absolute atomic E-state index is 0. The van der Waals surface area contributed by atoms with Gasteiger partial charge in [-0.15, -0.1) is 0 Å². The first-order valence-corrected chi connectivity index (χ1v) is 3.07. The van der Waals surface area contributed by atoms with Gasteiger partial charge < -0.3 is 15.3 Å². The van der Waals surface area contributed by atoms with Gasteiger partial charge in [-0.05, 0) is 20.8 Å². The summed E-state index contributed by atoms with van der Waals surface area (Å²) in [5, 5.41) is 22.7. The third-order valence-electron chi connectivity index (χ3n) is 0. The Morgan fingerprint density at radius 1 is 0.700 bits per heavy atom. The smallest absolute Gasteiger partial charge is 0.0402 e. The van der Waals surface area contributed by atoms with Crippen molar-refractivity contribution < 1.29 is 37.7 Å². The molecule has 1 radical (unpaired) electrons. The maximum atomic E-state index is 7.57. The van der Waals surface area contributed by atoms with Gasteiger partial charge in [-0.3, -0.25) is 0 Å². The maximum absolute atomic E-state index is 7.57. The van der Waals surface area contributed by atoms with E-state index in [9.17, 15) is 0 Å². The van der Waals surface area contributed by atoms with Crippen molar-refractivity contribution in [1.82, 2.24) is 0 Å². The van der Waals surface area contributed by atoms with E-state index in [2.05, 4.69) is 0 Å². The first kappa shape index (κ1) is 22.4. The van der Waals surface area contributed by atoms with Gasteiger partial charge in [0.25, 0.3) is 0 Å². The summed E-state index contributed by atoms with van der Waals surface area (Å²) in [6.45, 7) is 5.79. The van der Waals surface area contributed by atoms with Gasteiger partial charge in [0.05, 0.1) is 0 Å². The second kappa shape index (κ2) is 54.5. The third-order valence-corrected chi connectivity index (χ3v) is 0. The number of hydrogen-bond acceptors (Lipinski definition) is 3. The van der Waals surface area contributed by atoms with Crippen molar-refractivity contribution in [3.05, 3.63) is 0 Å². The molecule has 0 aliphatic heterocycles. The zero-order valence-electron chi connectivity index (χ0n) is 6.91. The average molecular weight is 231 g/mol. The fourth-order valence-electron chi connectivity index (χ4n) is 0. The molecule has 0 unspecified atom stereocenters. The SMILES string of the molecule is CCO.CCO.CCO.[Nb]. The second-order valence-electron chi connectivity index (χ2n) is 0.949. The van der Waals surface area contributed by atoms with Crippen LogP contribution in [0.2, 0.25) is 0 Å². The van der Waals surface area contributed by atoms with Crippen molar-refractivity contribution in [1.29, 1.82) is 0 Å². The Morgan fingerprint density at radius 3 is 0.700 bits per heavy atom. The fraction of sp³-hybridized carbons (Fsp3) is 1.00. The summed E-state index contributed by atoms with van der Waals surface area (Å²) in [6, 6.07) is 0. The van der Waals surface area contributed by atoms with Crippen molar-refractivity contribution in [2.75, 3.05) is 19.8 Å². The number of aliphatic hydroxyl groups excluding tert-OH is 3. The number of hydrogen-bond donors (Lipinski definition) is 3. The second-order valence-corrected chi connectivity index (χ2v) is 0.949. The van der Waals surface area contributed by atoms with E-state index in [1.54, 1.807) is 20.8 Å². The van der Waals surface area contributed by atoms with E-state index in [0.717, 1.165) is 0 Å². The van der Waals surface area contributed by atoms with Gasteiger partial charge >= 0.3 is 0 Å². The Balaban J connectivity index is -0.0000000257. The van der Waals surface area contributed by atoms with Gasteiger partial charge in [0.1, 0.15) is 0 Å². The van der Waals surface area contributed by atoms with Crippen LogP contribution >= 0.6 is 0 Å². The Morgan fingerprint density at radius 2 is 0.700 bits per heavy atom. The zero-order valence-corrected chi connectivity index (χ0v) is 9.11. The molecule has 4 heteroatoms. The third kappa shape index (κ3) is 1300. The van der Waals surface area contributed by atoms with Crippen LogP contribution in [0.25, 0.3) is 0 Å². The molecular formula is C6H18NbO3. The van der Waals surface area contributed by atoms with E-state index in [-0.39, 0.29) is 42.2 Å². The molecule has 0 saturated heterocycles. The minimum atomic E-state index is 0. The summed E-state index contributed by atoms with van der Waals surface area (Å²) in [5.41, 5.74) is 0. The van der Waals surface area contributed by atoms with Crippen LogP contribution in [-0.4, -0.2) is 35.1 Å². The molecule has 3 N–H and O–H groups in total. The van der Waals surface area contributed by atoms with E-state index < -0.39 is 0 Å². The summed E-state index contributed by atoms with van der Waals surface area (Å²) in [6.07, 6.45) is 0. The van der Waals surface area contributed by atoms with Gasteiger partial charge in [0.15, 0.2) is 0 Å². The van der Waals surface area contributed by atoms with Gasteiger partial charge in [-0.1, -0.05) is 0 Å². The minimum Gasteiger partial charge on any atom is -0.397 e. The van der Waals surface area contributed by atoms with E-state index in [1.165, 1.54) is 0 Å². The van der Waals surface area contributed by atoms with Crippen molar-refractivity contribution in [3.63, 3.8) is 0 Å². The molecule has 0 aromatic heterocycles. The monoisotopic (exact) mass is 231 g/mol. The summed E-state index contributed by atoms with van der Waals surface area (Å²) in [7, 11) is 0. The van der Waals surface area contributed by atoms with E-state index >= 15 is 0 Å². The van der Waals surface area contributed by atoms with Gasteiger partial charge in [-0.2, -0.15) is 0 Å². The first-order chi connectivity index (χ1) is 4.24. The van der Waals surface area contributed by atoms with E-state index in [1.807, 2.05) is 0 Å². The molecule has 0 amide bonds. The number of rotatable bonds is 0. The van der Waals surface area contributed by atoms with Crippen LogP contribution in [0.5, 0.6) is 0 Å². The standard InChI is InChI=1S/3C2H6O.Nb/c3*1-2-3;/h3*3H,2H2,1H3;. The van der Waals surface area contributed by atoms with Crippen LogP contribution in [0.15, 0.2) is 0 Å². The van der Waals surface area contributed by atoms with Crippen molar-refractivity contribution in [2.24, 2.45) is 0 Å². The van der Waals surface area contributed by atoms with Gasteiger partial charge in [0.2, 0.25) is 0 Å². The van der Waals surface area contributed by atoms with E-state index in [4.69, 9.17) is 15.3 Å². The molecule has 0 atom stereocenters. The predicted octanol–water partition coefficient (Wildman–Crippen LogP) is -0.00670. The molecule has 0 aromatic carbocycles. The Bertz CT molecular complexity index is 17.7. The fourth-order valence-corrected chi connectivity index (χ4v) is 0. The summed E-state index contributed by atoms with van der Waals surface area (Å²) < 4.78 is 0. The van der Waals surface area contributed by atoms with E-state index in [0.29, 0.717) is 0 Å². The molecule has 0 heterocycles. The molecule has 0 aliphatic carbocycles. The van der Waals surface area contributed by atoms with Crippen LogP contribution in [0.4, 0.5) is 0 Å². The molecule has 0 saturated carbocycles. The van der Waals surface area contributed by atoms with Gasteiger partial charge in [-0.25, -0.2) is 0 Å². The molecule has 0 rings (SSSR count). The molecular weight excluding hydrogens is 213 g/mol. The summed E-state index contributed by atoms with van der Waals surface area (Å²) in [5.74, 6) is 0. The quantitative estimate of drug-likeness (QED) is 0.514. The molecule has 0 spiro atoms. The Labute approximate surface area is 78.6 Å². The van der Waals surface area contributed by atoms with Crippen molar-refractivity contribution in [3.8, 4) is 0 Å². The molecule has 0 aromatic rings. The Hall–Kier alpha value is 0.620. The number of aliphatic hydroxyl groups is 3. The summed E-state index contributed by atoms with van der Waals surface area (Å²) >= 11 is 0. The molecule has 0 bridgehead atoms. The molecule has 65 valence electrons. The molecule has 10 heavy (non-hydrogen) atoms. The van der Waals surface area contributed by atoms with Crippen molar-refractivity contribution in [2.45, 2.75) is 20.8 Å². The molecule has 0 aliphatic rings. The van der Waals surface area contributed by atoms with Crippen LogP contribution in [0, 0.1) is 0 Å².